The topological polar surface area (TPSA) is 90.4 Å². The number of hydrogen-bond acceptors (Lipinski definition) is 6. The van der Waals surface area contributed by atoms with Gasteiger partial charge in [-0.3, -0.25) is 5.32 Å². The van der Waals surface area contributed by atoms with Gasteiger partial charge in [-0.1, -0.05) is 0 Å². The van der Waals surface area contributed by atoms with E-state index in [2.05, 4.69) is 51.9 Å². The third kappa shape index (κ3) is 5.97. The molecule has 7 nitrogen and oxygen atoms in total. The number of halogens is 2. The van der Waals surface area contributed by atoms with E-state index in [0.717, 1.165) is 0 Å². The molecular formula is C10H11Br2N3O4. The van der Waals surface area contributed by atoms with Crippen molar-refractivity contribution in [1.82, 2.24) is 9.97 Å². The summed E-state index contributed by atoms with van der Waals surface area (Å²) in [6.07, 6.45) is -0.666. The van der Waals surface area contributed by atoms with Gasteiger partial charge in [-0.15, -0.1) is 0 Å². The Morgan fingerprint density at radius 3 is 2.53 bits per heavy atom. The van der Waals surface area contributed by atoms with Crippen LogP contribution in [0.15, 0.2) is 15.4 Å². The molecule has 19 heavy (non-hydrogen) atoms. The van der Waals surface area contributed by atoms with Crippen LogP contribution in [-0.4, -0.2) is 27.8 Å². The summed E-state index contributed by atoms with van der Waals surface area (Å²) in [7, 11) is 0. The molecule has 0 spiro atoms. The predicted molar refractivity (Wildman–Crippen MR) is 73.8 cm³/mol. The van der Waals surface area contributed by atoms with Crippen LogP contribution < -0.4 is 5.32 Å². The summed E-state index contributed by atoms with van der Waals surface area (Å²) >= 11 is 6.19. The number of hydrogen-bond donors (Lipinski definition) is 1. The molecule has 0 radical (unpaired) electrons. The van der Waals surface area contributed by atoms with Crippen LogP contribution in [0, 0.1) is 0 Å². The SMILES string of the molecule is CC(C)(C)OC(=O)OC(=O)Nc1nc(Br)cnc1Br. The van der Waals surface area contributed by atoms with Crippen LogP contribution in [0.1, 0.15) is 20.8 Å². The van der Waals surface area contributed by atoms with Crippen molar-refractivity contribution in [3.05, 3.63) is 15.4 Å². The van der Waals surface area contributed by atoms with Gasteiger partial charge in [0.1, 0.15) is 14.8 Å². The minimum Gasteiger partial charge on any atom is -0.428 e. The molecule has 1 rings (SSSR count). The zero-order valence-corrected chi connectivity index (χ0v) is 13.5. The molecule has 0 fully saturated rings. The lowest BCUT2D eigenvalue weighted by atomic mass is 10.2. The molecule has 104 valence electrons. The summed E-state index contributed by atoms with van der Waals surface area (Å²) in [6, 6.07) is 0. The Bertz CT molecular complexity index is 502. The van der Waals surface area contributed by atoms with E-state index in [1.165, 1.54) is 6.20 Å². The van der Waals surface area contributed by atoms with Gasteiger partial charge < -0.3 is 9.47 Å². The first-order chi connectivity index (χ1) is 8.67. The van der Waals surface area contributed by atoms with Crippen LogP contribution in [0.4, 0.5) is 15.4 Å². The van der Waals surface area contributed by atoms with Gasteiger partial charge in [-0.25, -0.2) is 19.6 Å². The van der Waals surface area contributed by atoms with Gasteiger partial charge in [0.25, 0.3) is 0 Å². The lowest BCUT2D eigenvalue weighted by molar-refractivity contribution is 0.0111. The number of ether oxygens (including phenoxy) is 2. The molecule has 9 heteroatoms. The second-order valence-corrected chi connectivity index (χ2v) is 5.87. The molecule has 0 aliphatic carbocycles. The van der Waals surface area contributed by atoms with Gasteiger partial charge in [-0.05, 0) is 52.6 Å². The van der Waals surface area contributed by atoms with E-state index in [1.807, 2.05) is 0 Å². The van der Waals surface area contributed by atoms with Crippen molar-refractivity contribution < 1.29 is 19.1 Å². The van der Waals surface area contributed by atoms with Crippen LogP contribution in [0.2, 0.25) is 0 Å². The Labute approximate surface area is 126 Å². The van der Waals surface area contributed by atoms with E-state index in [9.17, 15) is 9.59 Å². The summed E-state index contributed by atoms with van der Waals surface area (Å²) in [5.41, 5.74) is -0.743. The zero-order chi connectivity index (χ0) is 14.6. The van der Waals surface area contributed by atoms with E-state index in [4.69, 9.17) is 4.74 Å². The summed E-state index contributed by atoms with van der Waals surface area (Å²) in [6.45, 7) is 4.97. The second-order valence-electron chi connectivity index (χ2n) is 4.31. The summed E-state index contributed by atoms with van der Waals surface area (Å²) < 4.78 is 9.95. The van der Waals surface area contributed by atoms with E-state index < -0.39 is 17.8 Å². The van der Waals surface area contributed by atoms with Gasteiger partial charge in [-0.2, -0.15) is 0 Å². The minimum absolute atomic E-state index is 0.114. The standard InChI is InChI=1S/C10H11Br2N3O4/c1-10(2,3)19-9(17)18-8(16)15-7-6(12)13-4-5(11)14-7/h4H,1-3H3,(H,14,15,16). The molecule has 0 saturated carbocycles. The van der Waals surface area contributed by atoms with Crippen LogP contribution in [0.3, 0.4) is 0 Å². The van der Waals surface area contributed by atoms with Gasteiger partial charge in [0.2, 0.25) is 0 Å². The van der Waals surface area contributed by atoms with Crippen molar-refractivity contribution in [1.29, 1.82) is 0 Å². The number of aromatic nitrogens is 2. The quantitative estimate of drug-likeness (QED) is 0.577. The van der Waals surface area contributed by atoms with Gasteiger partial charge in [0, 0.05) is 0 Å². The molecule has 0 unspecified atom stereocenters. The number of carbonyl (C=O) groups is 2. The fourth-order valence-electron chi connectivity index (χ4n) is 0.901. The normalized spacial score (nSPS) is 10.8. The van der Waals surface area contributed by atoms with Crippen molar-refractivity contribution >= 4 is 49.9 Å². The van der Waals surface area contributed by atoms with Crippen LogP contribution in [0.25, 0.3) is 0 Å². The monoisotopic (exact) mass is 395 g/mol. The number of carbonyl (C=O) groups excluding carboxylic acids is 2. The summed E-state index contributed by atoms with van der Waals surface area (Å²) in [5, 5.41) is 2.26. The average Bonchev–Trinajstić information content (AvgIpc) is 2.20. The fourth-order valence-corrected chi connectivity index (χ4v) is 1.47. The summed E-state index contributed by atoms with van der Waals surface area (Å²) in [4.78, 5) is 30.5. The molecular weight excluding hydrogens is 386 g/mol. The van der Waals surface area contributed by atoms with E-state index >= 15 is 0 Å². The van der Waals surface area contributed by atoms with E-state index in [0.29, 0.717) is 9.21 Å². The molecule has 1 amide bonds. The van der Waals surface area contributed by atoms with Gasteiger partial charge >= 0.3 is 12.2 Å². The maximum absolute atomic E-state index is 11.4. The van der Waals surface area contributed by atoms with Crippen LogP contribution >= 0.6 is 31.9 Å². The van der Waals surface area contributed by atoms with Gasteiger partial charge in [0.15, 0.2) is 5.82 Å². The fraction of sp³-hybridized carbons (Fsp3) is 0.400. The van der Waals surface area contributed by atoms with Crippen LogP contribution in [-0.2, 0) is 9.47 Å². The Hall–Kier alpha value is -1.22. The second kappa shape index (κ2) is 6.29. The Balaban J connectivity index is 2.61. The first-order valence-electron chi connectivity index (χ1n) is 5.07. The Kier molecular flexibility index (Phi) is 5.24. The highest BCUT2D eigenvalue weighted by Gasteiger charge is 2.21. The number of anilines is 1. The first kappa shape index (κ1) is 15.8. The van der Waals surface area contributed by atoms with E-state index in [1.54, 1.807) is 20.8 Å². The van der Waals surface area contributed by atoms with Gasteiger partial charge in [0.05, 0.1) is 6.20 Å². The number of rotatable bonds is 1. The summed E-state index contributed by atoms with van der Waals surface area (Å²) in [5.74, 6) is 0.114. The predicted octanol–water partition coefficient (Wildman–Crippen LogP) is 3.49. The molecule has 0 bridgehead atoms. The lowest BCUT2D eigenvalue weighted by Gasteiger charge is -2.18. The van der Waals surface area contributed by atoms with E-state index in [-0.39, 0.29) is 5.82 Å². The molecule has 1 N–H and O–H groups in total. The van der Waals surface area contributed by atoms with Crippen molar-refractivity contribution in [3.8, 4) is 0 Å². The molecule has 1 heterocycles. The maximum atomic E-state index is 11.4. The molecule has 1 aromatic heterocycles. The van der Waals surface area contributed by atoms with Crippen LogP contribution in [0.5, 0.6) is 0 Å². The first-order valence-corrected chi connectivity index (χ1v) is 6.66. The third-order valence-electron chi connectivity index (χ3n) is 1.48. The highest BCUT2D eigenvalue weighted by molar-refractivity contribution is 9.11. The number of nitrogens with one attached hydrogen (secondary N) is 1. The lowest BCUT2D eigenvalue weighted by Crippen LogP contribution is -2.28. The largest absolute Gasteiger partial charge is 0.517 e. The van der Waals surface area contributed by atoms with Crippen molar-refractivity contribution in [2.75, 3.05) is 5.32 Å². The Morgan fingerprint density at radius 1 is 1.32 bits per heavy atom. The highest BCUT2D eigenvalue weighted by atomic mass is 79.9. The number of amides is 1. The maximum Gasteiger partial charge on any atom is 0.517 e. The highest BCUT2D eigenvalue weighted by Crippen LogP contribution is 2.19. The molecule has 0 atom stereocenters. The third-order valence-corrected chi connectivity index (χ3v) is 2.45. The average molecular weight is 397 g/mol. The molecule has 0 aliphatic rings. The van der Waals surface area contributed by atoms with Crippen molar-refractivity contribution in [3.63, 3.8) is 0 Å². The molecule has 1 aromatic rings. The smallest absolute Gasteiger partial charge is 0.428 e. The molecule has 0 aliphatic heterocycles. The Morgan fingerprint density at radius 2 is 1.95 bits per heavy atom. The molecule has 0 aromatic carbocycles. The zero-order valence-electron chi connectivity index (χ0n) is 10.4. The number of nitrogens with zero attached hydrogens (tertiary/aromatic N) is 2. The minimum atomic E-state index is -1.09. The van der Waals surface area contributed by atoms with Crippen molar-refractivity contribution in [2.24, 2.45) is 0 Å². The van der Waals surface area contributed by atoms with Crippen molar-refractivity contribution in [2.45, 2.75) is 26.4 Å². The molecule has 0 saturated heterocycles.